The lowest BCUT2D eigenvalue weighted by Crippen LogP contribution is -2.49. The van der Waals surface area contributed by atoms with E-state index >= 15 is 0 Å². The molecule has 0 fully saturated rings. The highest BCUT2D eigenvalue weighted by molar-refractivity contribution is 6.74. The quantitative estimate of drug-likeness (QED) is 0.645. The summed E-state index contributed by atoms with van der Waals surface area (Å²) in [5, 5.41) is 10.9. The van der Waals surface area contributed by atoms with E-state index in [1.165, 1.54) is 0 Å². The van der Waals surface area contributed by atoms with Gasteiger partial charge in [0.25, 0.3) is 0 Å². The second-order valence-electron chi connectivity index (χ2n) is 5.42. The average molecular weight is 248 g/mol. The maximum absolute atomic E-state index is 10.4. The molecule has 16 heavy (non-hydrogen) atoms. The summed E-state index contributed by atoms with van der Waals surface area (Å²) < 4.78 is 5.99. The number of hydrogen-bond acceptors (Lipinski definition) is 3. The molecule has 0 heterocycles. The van der Waals surface area contributed by atoms with Gasteiger partial charge >= 0.3 is 6.09 Å². The van der Waals surface area contributed by atoms with Gasteiger partial charge in [0.1, 0.15) is 0 Å². The number of hydrogen-bond donors (Lipinski definition) is 3. The third kappa shape index (κ3) is 4.96. The number of rotatable bonds is 5. The molecule has 4 N–H and O–H groups in total. The molecule has 0 aliphatic heterocycles. The predicted octanol–water partition coefficient (Wildman–Crippen LogP) is 1.60. The van der Waals surface area contributed by atoms with Crippen molar-refractivity contribution in [3.05, 3.63) is 0 Å². The third-order valence-corrected chi connectivity index (χ3v) is 7.55. The second-order valence-corrected chi connectivity index (χ2v) is 10.2. The van der Waals surface area contributed by atoms with Crippen molar-refractivity contribution >= 4 is 14.4 Å². The van der Waals surface area contributed by atoms with Gasteiger partial charge in [0.05, 0.1) is 6.10 Å². The van der Waals surface area contributed by atoms with Crippen LogP contribution in [-0.4, -0.2) is 38.7 Å². The van der Waals surface area contributed by atoms with Crippen molar-refractivity contribution in [3.8, 4) is 0 Å². The first-order chi connectivity index (χ1) is 7.10. The zero-order chi connectivity index (χ0) is 13.0. The first kappa shape index (κ1) is 15.4. The van der Waals surface area contributed by atoms with Gasteiger partial charge in [-0.05, 0) is 18.1 Å². The standard InChI is InChI=1S/C10H24N2O3Si/c1-10(2,3)16(4,5)15-8(6-11)7-12-9(13)14/h8,12H,6-7,11H2,1-5H3,(H,13,14)/t8-/m0/s1. The first-order valence-electron chi connectivity index (χ1n) is 5.45. The SMILES string of the molecule is CC(C)(C)[Si](C)(C)O[C@@H](CN)CNC(=O)O. The van der Waals surface area contributed by atoms with Crippen LogP contribution in [0.25, 0.3) is 0 Å². The van der Waals surface area contributed by atoms with Gasteiger partial charge in [-0.15, -0.1) is 0 Å². The molecule has 0 aromatic heterocycles. The predicted molar refractivity (Wildman–Crippen MR) is 67.2 cm³/mol. The van der Waals surface area contributed by atoms with Gasteiger partial charge in [-0.1, -0.05) is 20.8 Å². The minimum absolute atomic E-state index is 0.101. The fourth-order valence-electron chi connectivity index (χ4n) is 0.968. The highest BCUT2D eigenvalue weighted by Gasteiger charge is 2.38. The summed E-state index contributed by atoms with van der Waals surface area (Å²) in [5.74, 6) is 0. The smallest absolute Gasteiger partial charge is 0.404 e. The molecule has 1 amide bonds. The molecular formula is C10H24N2O3Si. The summed E-state index contributed by atoms with van der Waals surface area (Å²) in [7, 11) is -1.87. The van der Waals surface area contributed by atoms with Crippen molar-refractivity contribution in [2.75, 3.05) is 13.1 Å². The molecule has 0 aromatic carbocycles. The molecule has 0 radical (unpaired) electrons. The maximum atomic E-state index is 10.4. The Bertz CT molecular complexity index is 239. The van der Waals surface area contributed by atoms with Gasteiger partial charge in [0.2, 0.25) is 0 Å². The summed E-state index contributed by atoms with van der Waals surface area (Å²) in [6, 6.07) is 0. The van der Waals surface area contributed by atoms with Gasteiger partial charge in [0, 0.05) is 13.1 Å². The monoisotopic (exact) mass is 248 g/mol. The van der Waals surface area contributed by atoms with Crippen molar-refractivity contribution in [2.24, 2.45) is 5.73 Å². The number of carbonyl (C=O) groups is 1. The van der Waals surface area contributed by atoms with E-state index in [4.69, 9.17) is 15.3 Å². The van der Waals surface area contributed by atoms with Crippen LogP contribution in [0.1, 0.15) is 20.8 Å². The van der Waals surface area contributed by atoms with Gasteiger partial charge in [-0.2, -0.15) is 0 Å². The average Bonchev–Trinajstić information content (AvgIpc) is 2.09. The summed E-state index contributed by atoms with van der Waals surface area (Å²) >= 11 is 0. The second kappa shape index (κ2) is 5.65. The van der Waals surface area contributed by atoms with E-state index in [1.807, 2.05) is 0 Å². The molecular weight excluding hydrogens is 224 g/mol. The van der Waals surface area contributed by atoms with Crippen LogP contribution in [0.5, 0.6) is 0 Å². The lowest BCUT2D eigenvalue weighted by Gasteiger charge is -2.39. The highest BCUT2D eigenvalue weighted by atomic mass is 28.4. The summed E-state index contributed by atoms with van der Waals surface area (Å²) in [4.78, 5) is 10.4. The van der Waals surface area contributed by atoms with Crippen molar-refractivity contribution in [1.82, 2.24) is 5.32 Å². The van der Waals surface area contributed by atoms with E-state index in [0.29, 0.717) is 6.54 Å². The molecule has 96 valence electrons. The molecule has 0 aliphatic carbocycles. The normalized spacial score (nSPS) is 14.6. The molecule has 0 saturated carbocycles. The van der Waals surface area contributed by atoms with Crippen molar-refractivity contribution in [3.63, 3.8) is 0 Å². The lowest BCUT2D eigenvalue weighted by atomic mass is 10.2. The van der Waals surface area contributed by atoms with Crippen LogP contribution in [0.2, 0.25) is 18.1 Å². The summed E-state index contributed by atoms with van der Waals surface area (Å²) in [6.07, 6.45) is -1.28. The molecule has 0 saturated heterocycles. The van der Waals surface area contributed by atoms with Crippen LogP contribution in [0.15, 0.2) is 0 Å². The van der Waals surface area contributed by atoms with E-state index in [9.17, 15) is 4.79 Å². The fourth-order valence-corrected chi connectivity index (χ4v) is 2.33. The molecule has 6 heteroatoms. The minimum Gasteiger partial charge on any atom is -0.465 e. The molecule has 0 aromatic rings. The molecule has 5 nitrogen and oxygen atoms in total. The van der Waals surface area contributed by atoms with Crippen LogP contribution in [0, 0.1) is 0 Å². The Kier molecular flexibility index (Phi) is 5.44. The zero-order valence-corrected chi connectivity index (χ0v) is 11.8. The third-order valence-electron chi connectivity index (χ3n) is 3.01. The van der Waals surface area contributed by atoms with Crippen molar-refractivity contribution < 1.29 is 14.3 Å². The van der Waals surface area contributed by atoms with Crippen LogP contribution in [-0.2, 0) is 4.43 Å². The Morgan fingerprint density at radius 2 is 2.00 bits per heavy atom. The van der Waals surface area contributed by atoms with Crippen LogP contribution in [0.4, 0.5) is 4.79 Å². The van der Waals surface area contributed by atoms with E-state index in [1.54, 1.807) is 0 Å². The van der Waals surface area contributed by atoms with Gasteiger partial charge in [0.15, 0.2) is 8.32 Å². The Labute approximate surface area is 98.5 Å². The number of nitrogens with two attached hydrogens (primary N) is 1. The van der Waals surface area contributed by atoms with E-state index in [0.717, 1.165) is 0 Å². The van der Waals surface area contributed by atoms with E-state index in [2.05, 4.69) is 39.2 Å². The van der Waals surface area contributed by atoms with Crippen LogP contribution in [0.3, 0.4) is 0 Å². The lowest BCUT2D eigenvalue weighted by molar-refractivity contribution is 0.166. The van der Waals surface area contributed by atoms with Crippen LogP contribution >= 0.6 is 0 Å². The molecule has 0 aliphatic rings. The minimum atomic E-state index is -1.87. The first-order valence-corrected chi connectivity index (χ1v) is 8.35. The van der Waals surface area contributed by atoms with Gasteiger partial charge in [-0.3, -0.25) is 0 Å². The fraction of sp³-hybridized carbons (Fsp3) is 0.900. The van der Waals surface area contributed by atoms with Crippen LogP contribution < -0.4 is 11.1 Å². The van der Waals surface area contributed by atoms with E-state index in [-0.39, 0.29) is 17.7 Å². The maximum Gasteiger partial charge on any atom is 0.404 e. The van der Waals surface area contributed by atoms with Crippen molar-refractivity contribution in [1.29, 1.82) is 0 Å². The largest absolute Gasteiger partial charge is 0.465 e. The highest BCUT2D eigenvalue weighted by Crippen LogP contribution is 2.37. The zero-order valence-electron chi connectivity index (χ0n) is 10.8. The van der Waals surface area contributed by atoms with Gasteiger partial charge in [-0.25, -0.2) is 4.79 Å². The summed E-state index contributed by atoms with van der Waals surface area (Å²) in [5.41, 5.74) is 5.57. The Morgan fingerprint density at radius 1 is 1.50 bits per heavy atom. The topological polar surface area (TPSA) is 84.6 Å². The molecule has 0 rings (SSSR count). The summed E-state index contributed by atoms with van der Waals surface area (Å²) in [6.45, 7) is 11.2. The molecule has 1 atom stereocenters. The number of carboxylic acid groups (broad SMARTS) is 1. The Hall–Kier alpha value is -0.593. The van der Waals surface area contributed by atoms with Gasteiger partial charge < -0.3 is 20.6 Å². The van der Waals surface area contributed by atoms with E-state index < -0.39 is 14.4 Å². The number of nitrogens with one attached hydrogen (secondary N) is 1. The number of amides is 1. The molecule has 0 spiro atoms. The Morgan fingerprint density at radius 3 is 2.31 bits per heavy atom. The molecule has 0 bridgehead atoms. The Balaban J connectivity index is 4.36. The van der Waals surface area contributed by atoms with Crippen molar-refractivity contribution in [2.45, 2.75) is 45.0 Å². The molecule has 0 unspecified atom stereocenters.